The summed E-state index contributed by atoms with van der Waals surface area (Å²) in [6.07, 6.45) is 5.10. The summed E-state index contributed by atoms with van der Waals surface area (Å²) in [4.78, 5) is 17.2. The Morgan fingerprint density at radius 1 is 1.13 bits per heavy atom. The van der Waals surface area contributed by atoms with Crippen molar-refractivity contribution in [2.24, 2.45) is 0 Å². The van der Waals surface area contributed by atoms with Crippen molar-refractivity contribution in [3.63, 3.8) is 0 Å². The number of ether oxygens (including phenoxy) is 2. The smallest absolute Gasteiger partial charge is 0.275 e. The molecule has 3 heterocycles. The fourth-order valence-electron chi connectivity index (χ4n) is 4.75. The van der Waals surface area contributed by atoms with Crippen molar-refractivity contribution < 1.29 is 19.2 Å². The minimum Gasteiger partial charge on any atom is -0.486 e. The van der Waals surface area contributed by atoms with E-state index in [9.17, 15) is 4.79 Å². The number of carbonyl (C=O) groups excluding carboxylic acids is 1. The summed E-state index contributed by atoms with van der Waals surface area (Å²) in [5.74, 6) is 1.77. The number of hydrogen-bond donors (Lipinski definition) is 3. The predicted octanol–water partition coefficient (Wildman–Crippen LogP) is 2.02. The van der Waals surface area contributed by atoms with E-state index in [1.54, 1.807) is 0 Å². The van der Waals surface area contributed by atoms with E-state index in [0.717, 1.165) is 42.8 Å². The number of benzene rings is 2. The average molecular weight is 407 g/mol. The molecule has 0 radical (unpaired) electrons. The van der Waals surface area contributed by atoms with Crippen LogP contribution in [0.5, 0.6) is 11.5 Å². The first-order chi connectivity index (χ1) is 14.8. The van der Waals surface area contributed by atoms with Crippen LogP contribution in [0.1, 0.15) is 30.0 Å². The van der Waals surface area contributed by atoms with Gasteiger partial charge in [-0.05, 0) is 36.2 Å². The lowest BCUT2D eigenvalue weighted by Crippen LogP contribution is -3.11. The van der Waals surface area contributed by atoms with E-state index >= 15 is 0 Å². The number of para-hydroxylation sites is 1. The maximum atomic E-state index is 12.6. The van der Waals surface area contributed by atoms with Crippen LogP contribution in [0.4, 0.5) is 0 Å². The summed E-state index contributed by atoms with van der Waals surface area (Å²) in [6, 6.07) is 14.8. The first-order valence-electron chi connectivity index (χ1n) is 10.8. The van der Waals surface area contributed by atoms with Crippen LogP contribution in [0.3, 0.4) is 0 Å². The van der Waals surface area contributed by atoms with Crippen molar-refractivity contribution in [2.45, 2.75) is 25.3 Å². The van der Waals surface area contributed by atoms with Crippen LogP contribution in [0.25, 0.3) is 10.9 Å². The number of quaternary nitrogens is 1. The quantitative estimate of drug-likeness (QED) is 0.587. The third-order valence-corrected chi connectivity index (χ3v) is 6.23. The highest BCUT2D eigenvalue weighted by atomic mass is 16.6. The molecule has 1 aromatic heterocycles. The van der Waals surface area contributed by atoms with E-state index < -0.39 is 0 Å². The summed E-state index contributed by atoms with van der Waals surface area (Å²) in [5, 5.41) is 4.35. The number of nitrogens with one attached hydrogen (secondary N) is 3. The highest BCUT2D eigenvalue weighted by Crippen LogP contribution is 2.33. The fraction of sp³-hybridized carbons (Fsp3) is 0.375. The molecule has 2 atom stereocenters. The molecule has 6 nitrogen and oxygen atoms in total. The van der Waals surface area contributed by atoms with Crippen LogP contribution >= 0.6 is 0 Å². The standard InChI is InChI=1S/C24H27N3O3/c28-24(25-10-9-18-15-26-20-5-2-1-4-19(18)20)16-27-11-3-6-21(27)17-7-8-22-23(14-17)30-13-12-29-22/h1-2,4-5,7-8,14-15,21,26H,3,6,9-13,16H2,(H,25,28)/p+1/t21-/m0/s1. The number of hydrogen-bond acceptors (Lipinski definition) is 3. The van der Waals surface area contributed by atoms with Gasteiger partial charge in [0.15, 0.2) is 18.0 Å². The Balaban J connectivity index is 1.17. The van der Waals surface area contributed by atoms with Gasteiger partial charge in [-0.2, -0.15) is 0 Å². The summed E-state index contributed by atoms with van der Waals surface area (Å²) >= 11 is 0. The van der Waals surface area contributed by atoms with Crippen LogP contribution in [0.15, 0.2) is 48.7 Å². The molecule has 30 heavy (non-hydrogen) atoms. The van der Waals surface area contributed by atoms with E-state index in [2.05, 4.69) is 34.6 Å². The van der Waals surface area contributed by atoms with Crippen LogP contribution < -0.4 is 19.7 Å². The number of carbonyl (C=O) groups is 1. The van der Waals surface area contributed by atoms with E-state index in [1.807, 2.05) is 24.4 Å². The molecule has 1 fully saturated rings. The molecule has 3 aromatic rings. The van der Waals surface area contributed by atoms with Gasteiger partial charge in [-0.3, -0.25) is 4.79 Å². The minimum absolute atomic E-state index is 0.120. The Bertz CT molecular complexity index is 1050. The van der Waals surface area contributed by atoms with E-state index in [4.69, 9.17) is 9.47 Å². The largest absolute Gasteiger partial charge is 0.486 e. The van der Waals surface area contributed by atoms with Crippen LogP contribution in [-0.4, -0.2) is 43.7 Å². The molecule has 1 amide bonds. The lowest BCUT2D eigenvalue weighted by atomic mass is 10.0. The van der Waals surface area contributed by atoms with Crippen molar-refractivity contribution in [2.75, 3.05) is 32.8 Å². The number of aromatic amines is 1. The van der Waals surface area contributed by atoms with Gasteiger partial charge in [-0.1, -0.05) is 18.2 Å². The van der Waals surface area contributed by atoms with Gasteiger partial charge >= 0.3 is 0 Å². The molecule has 2 aliphatic heterocycles. The first kappa shape index (κ1) is 19.0. The van der Waals surface area contributed by atoms with Gasteiger partial charge in [0.05, 0.1) is 6.54 Å². The fourth-order valence-corrected chi connectivity index (χ4v) is 4.75. The molecule has 0 spiro atoms. The van der Waals surface area contributed by atoms with Gasteiger partial charge < -0.3 is 24.7 Å². The molecule has 2 aromatic carbocycles. The summed E-state index contributed by atoms with van der Waals surface area (Å²) in [5.41, 5.74) is 3.62. The number of likely N-dealkylation sites (tertiary alicyclic amines) is 1. The Morgan fingerprint density at radius 2 is 2.00 bits per heavy atom. The molecular weight excluding hydrogens is 378 g/mol. The van der Waals surface area contributed by atoms with Gasteiger partial charge in [0.1, 0.15) is 19.3 Å². The third kappa shape index (κ3) is 3.87. The monoisotopic (exact) mass is 406 g/mol. The molecule has 6 heteroatoms. The number of aromatic nitrogens is 1. The SMILES string of the molecule is O=C(C[NH+]1CCC[C@H]1c1ccc2c(c1)OCCO2)NCCc1c[nH]c2ccccc12. The van der Waals surface area contributed by atoms with Crippen molar-refractivity contribution in [1.82, 2.24) is 10.3 Å². The minimum atomic E-state index is 0.120. The molecule has 1 unspecified atom stereocenters. The summed E-state index contributed by atoms with van der Waals surface area (Å²) in [6.45, 7) is 3.38. The van der Waals surface area contributed by atoms with Gasteiger partial charge in [0, 0.05) is 42.0 Å². The van der Waals surface area contributed by atoms with Gasteiger partial charge in [0.25, 0.3) is 5.91 Å². The molecule has 0 bridgehead atoms. The topological polar surface area (TPSA) is 67.8 Å². The van der Waals surface area contributed by atoms with Crippen LogP contribution in [0.2, 0.25) is 0 Å². The zero-order valence-corrected chi connectivity index (χ0v) is 17.1. The van der Waals surface area contributed by atoms with E-state index in [-0.39, 0.29) is 5.91 Å². The summed E-state index contributed by atoms with van der Waals surface area (Å²) < 4.78 is 11.4. The second-order valence-corrected chi connectivity index (χ2v) is 8.14. The number of amides is 1. The molecule has 0 aliphatic carbocycles. The number of H-pyrrole nitrogens is 1. The third-order valence-electron chi connectivity index (χ3n) is 6.23. The zero-order chi connectivity index (χ0) is 20.3. The van der Waals surface area contributed by atoms with E-state index in [0.29, 0.717) is 32.3 Å². The predicted molar refractivity (Wildman–Crippen MR) is 115 cm³/mol. The average Bonchev–Trinajstić information content (AvgIpc) is 3.41. The lowest BCUT2D eigenvalue weighted by molar-refractivity contribution is -0.910. The maximum Gasteiger partial charge on any atom is 0.275 e. The second-order valence-electron chi connectivity index (χ2n) is 8.14. The van der Waals surface area contributed by atoms with E-state index in [1.165, 1.54) is 21.4 Å². The Kier molecular flexibility index (Phi) is 5.32. The van der Waals surface area contributed by atoms with Crippen LogP contribution in [-0.2, 0) is 11.2 Å². The molecular formula is C24H28N3O3+. The van der Waals surface area contributed by atoms with Gasteiger partial charge in [-0.25, -0.2) is 0 Å². The Morgan fingerprint density at radius 3 is 2.93 bits per heavy atom. The van der Waals surface area contributed by atoms with Crippen molar-refractivity contribution in [1.29, 1.82) is 0 Å². The highest BCUT2D eigenvalue weighted by Gasteiger charge is 2.32. The number of fused-ring (bicyclic) bond motifs is 2. The molecule has 156 valence electrons. The molecule has 1 saturated heterocycles. The first-order valence-corrected chi connectivity index (χ1v) is 10.8. The zero-order valence-electron chi connectivity index (χ0n) is 17.1. The number of rotatable bonds is 6. The van der Waals surface area contributed by atoms with Crippen molar-refractivity contribution >= 4 is 16.8 Å². The lowest BCUT2D eigenvalue weighted by Gasteiger charge is -2.24. The molecule has 2 aliphatic rings. The van der Waals surface area contributed by atoms with Gasteiger partial charge in [-0.15, -0.1) is 0 Å². The van der Waals surface area contributed by atoms with Crippen molar-refractivity contribution in [3.05, 3.63) is 59.8 Å². The van der Waals surface area contributed by atoms with Gasteiger partial charge in [0.2, 0.25) is 0 Å². The van der Waals surface area contributed by atoms with Crippen molar-refractivity contribution in [3.8, 4) is 11.5 Å². The Hall–Kier alpha value is -2.99. The summed E-state index contributed by atoms with van der Waals surface area (Å²) in [7, 11) is 0. The van der Waals surface area contributed by atoms with Crippen LogP contribution in [0, 0.1) is 0 Å². The maximum absolute atomic E-state index is 12.6. The Labute approximate surface area is 176 Å². The highest BCUT2D eigenvalue weighted by molar-refractivity contribution is 5.83. The molecule has 3 N–H and O–H groups in total. The second kappa shape index (κ2) is 8.40. The molecule has 5 rings (SSSR count). The normalized spacial score (nSPS) is 20.4. The molecule has 0 saturated carbocycles.